The molecular formula is C12H15N3O4S. The lowest BCUT2D eigenvalue weighted by atomic mass is 9.96. The average Bonchev–Trinajstić information content (AvgIpc) is 2.96. The number of aromatic nitrogens is 1. The molecule has 1 aromatic heterocycles. The predicted octanol–water partition coefficient (Wildman–Crippen LogP) is 0.439. The van der Waals surface area contributed by atoms with Crippen LogP contribution in [0.4, 0.5) is 0 Å². The second-order valence-electron chi connectivity index (χ2n) is 4.52. The van der Waals surface area contributed by atoms with E-state index in [9.17, 15) is 14.4 Å². The van der Waals surface area contributed by atoms with E-state index >= 15 is 0 Å². The lowest BCUT2D eigenvalue weighted by Crippen LogP contribution is -2.42. The van der Waals surface area contributed by atoms with Crippen LogP contribution in [0.25, 0.3) is 0 Å². The van der Waals surface area contributed by atoms with Crippen LogP contribution in [-0.4, -0.2) is 52.9 Å². The van der Waals surface area contributed by atoms with Crippen molar-refractivity contribution in [3.63, 3.8) is 0 Å². The van der Waals surface area contributed by atoms with Crippen molar-refractivity contribution in [3.8, 4) is 0 Å². The van der Waals surface area contributed by atoms with E-state index in [1.807, 2.05) is 0 Å². The van der Waals surface area contributed by atoms with Gasteiger partial charge in [0.1, 0.15) is 0 Å². The SMILES string of the molecule is CNC(=O)C1CCN(C(=O)c2nc(C(=O)O)cs2)CC1. The largest absolute Gasteiger partial charge is 0.476 e. The molecular weight excluding hydrogens is 282 g/mol. The molecule has 2 rings (SSSR count). The van der Waals surface area contributed by atoms with E-state index in [0.29, 0.717) is 25.9 Å². The van der Waals surface area contributed by atoms with Crippen LogP contribution < -0.4 is 5.32 Å². The third-order valence-electron chi connectivity index (χ3n) is 3.31. The zero-order valence-electron chi connectivity index (χ0n) is 11.0. The maximum absolute atomic E-state index is 12.2. The lowest BCUT2D eigenvalue weighted by Gasteiger charge is -2.30. The highest BCUT2D eigenvalue weighted by Crippen LogP contribution is 2.20. The van der Waals surface area contributed by atoms with Crippen LogP contribution in [0.5, 0.6) is 0 Å². The molecule has 2 amide bonds. The number of aromatic carboxylic acids is 1. The summed E-state index contributed by atoms with van der Waals surface area (Å²) in [6.45, 7) is 0.970. The van der Waals surface area contributed by atoms with Crippen LogP contribution >= 0.6 is 11.3 Å². The second-order valence-corrected chi connectivity index (χ2v) is 5.38. The zero-order chi connectivity index (χ0) is 14.7. The summed E-state index contributed by atoms with van der Waals surface area (Å²) < 4.78 is 0. The molecule has 20 heavy (non-hydrogen) atoms. The first-order valence-electron chi connectivity index (χ1n) is 6.22. The summed E-state index contributed by atoms with van der Waals surface area (Å²) in [5.74, 6) is -1.47. The Bertz CT molecular complexity index is 535. The van der Waals surface area contributed by atoms with E-state index in [0.717, 1.165) is 11.3 Å². The Labute approximate surface area is 119 Å². The predicted molar refractivity (Wildman–Crippen MR) is 71.8 cm³/mol. The molecule has 0 saturated carbocycles. The molecule has 0 atom stereocenters. The van der Waals surface area contributed by atoms with Gasteiger partial charge in [0, 0.05) is 31.4 Å². The van der Waals surface area contributed by atoms with E-state index in [-0.39, 0.29) is 28.4 Å². The average molecular weight is 297 g/mol. The van der Waals surface area contributed by atoms with Crippen molar-refractivity contribution >= 4 is 29.1 Å². The summed E-state index contributed by atoms with van der Waals surface area (Å²) in [6.07, 6.45) is 1.23. The van der Waals surface area contributed by atoms with Gasteiger partial charge < -0.3 is 15.3 Å². The number of carbonyl (C=O) groups is 3. The molecule has 0 unspecified atom stereocenters. The number of carboxylic acids is 1. The molecule has 0 aromatic carbocycles. The Morgan fingerprint density at radius 1 is 1.40 bits per heavy atom. The van der Waals surface area contributed by atoms with Gasteiger partial charge in [-0.3, -0.25) is 9.59 Å². The van der Waals surface area contributed by atoms with Gasteiger partial charge in [-0.15, -0.1) is 11.3 Å². The summed E-state index contributed by atoms with van der Waals surface area (Å²) in [5.41, 5.74) is -0.112. The van der Waals surface area contributed by atoms with E-state index in [1.165, 1.54) is 5.38 Å². The number of thiazole rings is 1. The number of rotatable bonds is 3. The van der Waals surface area contributed by atoms with Gasteiger partial charge in [0.15, 0.2) is 10.7 Å². The Balaban J connectivity index is 1.97. The van der Waals surface area contributed by atoms with Gasteiger partial charge >= 0.3 is 5.97 Å². The smallest absolute Gasteiger partial charge is 0.355 e. The Morgan fingerprint density at radius 3 is 2.55 bits per heavy atom. The maximum atomic E-state index is 12.2. The van der Waals surface area contributed by atoms with Gasteiger partial charge in [-0.05, 0) is 12.8 Å². The topological polar surface area (TPSA) is 99.6 Å². The number of carboxylic acid groups (broad SMARTS) is 1. The van der Waals surface area contributed by atoms with Crippen LogP contribution in [0.15, 0.2) is 5.38 Å². The molecule has 1 aliphatic rings. The third-order valence-corrected chi connectivity index (χ3v) is 4.14. The van der Waals surface area contributed by atoms with E-state index < -0.39 is 5.97 Å². The normalized spacial score (nSPS) is 15.9. The van der Waals surface area contributed by atoms with Crippen molar-refractivity contribution in [2.45, 2.75) is 12.8 Å². The van der Waals surface area contributed by atoms with Gasteiger partial charge in [0.2, 0.25) is 5.91 Å². The van der Waals surface area contributed by atoms with Crippen LogP contribution in [-0.2, 0) is 4.79 Å². The highest BCUT2D eigenvalue weighted by Gasteiger charge is 2.28. The molecule has 108 valence electrons. The number of carbonyl (C=O) groups excluding carboxylic acids is 2. The molecule has 0 spiro atoms. The molecule has 7 nitrogen and oxygen atoms in total. The van der Waals surface area contributed by atoms with Crippen LogP contribution in [0.3, 0.4) is 0 Å². The highest BCUT2D eigenvalue weighted by atomic mass is 32.1. The lowest BCUT2D eigenvalue weighted by molar-refractivity contribution is -0.125. The first kappa shape index (κ1) is 14.4. The number of nitrogens with zero attached hydrogens (tertiary/aromatic N) is 2. The standard InChI is InChI=1S/C12H15N3O4S/c1-13-9(16)7-2-4-15(5-3-7)11(17)10-14-8(6-20-10)12(18)19/h6-7H,2-5H2,1H3,(H,13,16)(H,18,19). The summed E-state index contributed by atoms with van der Waals surface area (Å²) >= 11 is 1.03. The van der Waals surface area contributed by atoms with Crippen molar-refractivity contribution in [1.29, 1.82) is 0 Å². The van der Waals surface area contributed by atoms with E-state index in [2.05, 4.69) is 10.3 Å². The molecule has 0 aliphatic carbocycles. The van der Waals surface area contributed by atoms with Crippen molar-refractivity contribution in [2.75, 3.05) is 20.1 Å². The van der Waals surface area contributed by atoms with Gasteiger partial charge in [0.25, 0.3) is 5.91 Å². The van der Waals surface area contributed by atoms with Crippen molar-refractivity contribution < 1.29 is 19.5 Å². The number of piperidine rings is 1. The molecule has 2 N–H and O–H groups in total. The first-order chi connectivity index (χ1) is 9.52. The minimum Gasteiger partial charge on any atom is -0.476 e. The fourth-order valence-electron chi connectivity index (χ4n) is 2.15. The van der Waals surface area contributed by atoms with Crippen LogP contribution in [0.2, 0.25) is 0 Å². The van der Waals surface area contributed by atoms with Crippen molar-refractivity contribution in [2.24, 2.45) is 5.92 Å². The van der Waals surface area contributed by atoms with Crippen molar-refractivity contribution in [1.82, 2.24) is 15.2 Å². The number of amides is 2. The Kier molecular flexibility index (Phi) is 4.33. The summed E-state index contributed by atoms with van der Waals surface area (Å²) in [4.78, 5) is 39.8. The zero-order valence-corrected chi connectivity index (χ0v) is 11.8. The first-order valence-corrected chi connectivity index (χ1v) is 7.10. The van der Waals surface area contributed by atoms with Gasteiger partial charge in [-0.25, -0.2) is 9.78 Å². The van der Waals surface area contributed by atoms with Gasteiger partial charge in [0.05, 0.1) is 0 Å². The molecule has 1 fully saturated rings. The number of nitrogens with one attached hydrogen (secondary N) is 1. The quantitative estimate of drug-likeness (QED) is 0.843. The molecule has 1 aliphatic heterocycles. The fourth-order valence-corrected chi connectivity index (χ4v) is 2.91. The molecule has 1 saturated heterocycles. The highest BCUT2D eigenvalue weighted by molar-refractivity contribution is 7.11. The summed E-state index contributed by atoms with van der Waals surface area (Å²) in [7, 11) is 1.60. The maximum Gasteiger partial charge on any atom is 0.355 e. The number of hydrogen-bond donors (Lipinski definition) is 2. The van der Waals surface area contributed by atoms with Crippen LogP contribution in [0.1, 0.15) is 33.1 Å². The molecule has 2 heterocycles. The van der Waals surface area contributed by atoms with Gasteiger partial charge in [-0.2, -0.15) is 0 Å². The molecule has 0 radical (unpaired) electrons. The van der Waals surface area contributed by atoms with E-state index in [4.69, 9.17) is 5.11 Å². The number of hydrogen-bond acceptors (Lipinski definition) is 5. The summed E-state index contributed by atoms with van der Waals surface area (Å²) in [6, 6.07) is 0. The molecule has 1 aromatic rings. The fraction of sp³-hybridized carbons (Fsp3) is 0.500. The molecule has 8 heteroatoms. The van der Waals surface area contributed by atoms with Crippen molar-refractivity contribution in [3.05, 3.63) is 16.1 Å². The summed E-state index contributed by atoms with van der Waals surface area (Å²) in [5, 5.41) is 12.9. The molecule has 0 bridgehead atoms. The van der Waals surface area contributed by atoms with Crippen LogP contribution in [0, 0.1) is 5.92 Å². The number of likely N-dealkylation sites (tertiary alicyclic amines) is 1. The van der Waals surface area contributed by atoms with E-state index in [1.54, 1.807) is 11.9 Å². The Hall–Kier alpha value is -1.96. The Morgan fingerprint density at radius 2 is 2.05 bits per heavy atom. The second kappa shape index (κ2) is 6.00. The minimum atomic E-state index is -1.14. The third kappa shape index (κ3) is 2.96. The minimum absolute atomic E-state index is 0.000453. The van der Waals surface area contributed by atoms with Gasteiger partial charge in [-0.1, -0.05) is 0 Å². The monoisotopic (exact) mass is 297 g/mol.